The summed E-state index contributed by atoms with van der Waals surface area (Å²) in [5.41, 5.74) is 0.818. The Morgan fingerprint density at radius 3 is 3.12 bits per heavy atom. The predicted octanol–water partition coefficient (Wildman–Crippen LogP) is 2.73. The highest BCUT2D eigenvalue weighted by Gasteiger charge is 2.33. The van der Waals surface area contributed by atoms with Gasteiger partial charge in [0.25, 0.3) is 0 Å². The monoisotopic (exact) mass is 362 g/mol. The predicted molar refractivity (Wildman–Crippen MR) is 92.1 cm³/mol. The molecule has 26 heavy (non-hydrogen) atoms. The molecule has 1 amide bonds. The van der Waals surface area contributed by atoms with Crippen molar-refractivity contribution < 1.29 is 23.1 Å². The van der Waals surface area contributed by atoms with E-state index in [4.69, 9.17) is 13.9 Å². The Labute approximate surface area is 151 Å². The maximum atomic E-state index is 13.3. The largest absolute Gasteiger partial charge is 0.443 e. The molecule has 0 aliphatic carbocycles. The van der Waals surface area contributed by atoms with Gasteiger partial charge in [-0.3, -0.25) is 4.79 Å². The van der Waals surface area contributed by atoms with Gasteiger partial charge in [-0.2, -0.15) is 0 Å². The molecule has 1 aliphatic rings. The normalized spacial score (nSPS) is 17.0. The number of hydrogen-bond acceptors (Lipinski definition) is 5. The molecular formula is C19H23FN2O4. The SMILES string of the molecule is COCCOCC(=O)N1CCCC1c1ncc(Cc2cccc(F)c2)o1. The van der Waals surface area contributed by atoms with E-state index in [1.54, 1.807) is 24.3 Å². The second kappa shape index (κ2) is 8.91. The summed E-state index contributed by atoms with van der Waals surface area (Å²) in [7, 11) is 1.59. The van der Waals surface area contributed by atoms with Crippen LogP contribution in [0.4, 0.5) is 4.39 Å². The van der Waals surface area contributed by atoms with Crippen LogP contribution in [0.3, 0.4) is 0 Å². The summed E-state index contributed by atoms with van der Waals surface area (Å²) in [5, 5.41) is 0. The summed E-state index contributed by atoms with van der Waals surface area (Å²) in [6, 6.07) is 6.23. The molecule has 6 nitrogen and oxygen atoms in total. The van der Waals surface area contributed by atoms with Crippen molar-refractivity contribution in [3.05, 3.63) is 53.5 Å². The van der Waals surface area contributed by atoms with Gasteiger partial charge in [-0.05, 0) is 30.5 Å². The fourth-order valence-electron chi connectivity index (χ4n) is 3.11. The second-order valence-electron chi connectivity index (χ2n) is 6.26. The number of amides is 1. The standard InChI is InChI=1S/C19H23FN2O4/c1-24-8-9-25-13-18(23)22-7-3-6-17(22)19-21-12-16(26-19)11-14-4-2-5-15(20)10-14/h2,4-5,10,12,17H,3,6-9,11,13H2,1H3. The van der Waals surface area contributed by atoms with Gasteiger partial charge >= 0.3 is 0 Å². The van der Waals surface area contributed by atoms with Crippen LogP contribution in [-0.4, -0.2) is 49.3 Å². The van der Waals surface area contributed by atoms with E-state index in [9.17, 15) is 9.18 Å². The number of oxazole rings is 1. The van der Waals surface area contributed by atoms with E-state index >= 15 is 0 Å². The van der Waals surface area contributed by atoms with Crippen LogP contribution >= 0.6 is 0 Å². The fourth-order valence-corrected chi connectivity index (χ4v) is 3.11. The van der Waals surface area contributed by atoms with Crippen molar-refractivity contribution in [1.82, 2.24) is 9.88 Å². The maximum absolute atomic E-state index is 13.3. The highest BCUT2D eigenvalue weighted by atomic mass is 19.1. The van der Waals surface area contributed by atoms with Crippen LogP contribution in [0.25, 0.3) is 0 Å². The minimum absolute atomic E-state index is 0.0245. The molecule has 1 aliphatic heterocycles. The van der Waals surface area contributed by atoms with Crippen molar-refractivity contribution >= 4 is 5.91 Å². The third-order valence-electron chi connectivity index (χ3n) is 4.35. The summed E-state index contributed by atoms with van der Waals surface area (Å²) >= 11 is 0. The average Bonchev–Trinajstić information content (AvgIpc) is 3.27. The lowest BCUT2D eigenvalue weighted by atomic mass is 10.1. The first-order valence-electron chi connectivity index (χ1n) is 8.72. The number of carbonyl (C=O) groups is 1. The van der Waals surface area contributed by atoms with Crippen molar-refractivity contribution in [2.24, 2.45) is 0 Å². The molecule has 3 rings (SSSR count). The number of ether oxygens (including phenoxy) is 2. The molecule has 7 heteroatoms. The molecule has 0 N–H and O–H groups in total. The van der Waals surface area contributed by atoms with Gasteiger partial charge in [0, 0.05) is 20.1 Å². The van der Waals surface area contributed by atoms with Gasteiger partial charge in [0.2, 0.25) is 11.8 Å². The van der Waals surface area contributed by atoms with Crippen molar-refractivity contribution in [2.75, 3.05) is 33.5 Å². The molecule has 1 aromatic heterocycles. The lowest BCUT2D eigenvalue weighted by molar-refractivity contribution is -0.137. The zero-order valence-electron chi connectivity index (χ0n) is 14.8. The maximum Gasteiger partial charge on any atom is 0.249 e. The van der Waals surface area contributed by atoms with Gasteiger partial charge in [0.1, 0.15) is 24.2 Å². The third kappa shape index (κ3) is 4.68. The van der Waals surface area contributed by atoms with Crippen LogP contribution in [0, 0.1) is 5.82 Å². The fraction of sp³-hybridized carbons (Fsp3) is 0.474. The van der Waals surface area contributed by atoms with E-state index in [0.29, 0.717) is 37.8 Å². The van der Waals surface area contributed by atoms with E-state index in [1.807, 2.05) is 6.07 Å². The van der Waals surface area contributed by atoms with Crippen LogP contribution in [0.15, 0.2) is 34.9 Å². The Bertz CT molecular complexity index is 734. The molecule has 1 atom stereocenters. The smallest absolute Gasteiger partial charge is 0.249 e. The lowest BCUT2D eigenvalue weighted by Crippen LogP contribution is -2.34. The van der Waals surface area contributed by atoms with Gasteiger partial charge in [-0.25, -0.2) is 9.37 Å². The number of aromatic nitrogens is 1. The highest BCUT2D eigenvalue weighted by molar-refractivity contribution is 5.78. The van der Waals surface area contributed by atoms with Crippen LogP contribution in [0.5, 0.6) is 0 Å². The van der Waals surface area contributed by atoms with Crippen LogP contribution in [0.2, 0.25) is 0 Å². The number of nitrogens with zero attached hydrogens (tertiary/aromatic N) is 2. The number of hydrogen-bond donors (Lipinski definition) is 0. The number of methoxy groups -OCH3 is 1. The number of rotatable bonds is 8. The molecule has 2 aromatic rings. The number of carbonyl (C=O) groups excluding carboxylic acids is 1. The summed E-state index contributed by atoms with van der Waals surface area (Å²) < 4.78 is 29.4. The minimum atomic E-state index is -0.275. The van der Waals surface area contributed by atoms with Crippen LogP contribution in [0.1, 0.15) is 36.1 Å². The summed E-state index contributed by atoms with van der Waals surface area (Å²) in [5.74, 6) is 0.831. The Kier molecular flexibility index (Phi) is 6.35. The number of benzene rings is 1. The van der Waals surface area contributed by atoms with Crippen molar-refractivity contribution in [2.45, 2.75) is 25.3 Å². The molecule has 0 radical (unpaired) electrons. The van der Waals surface area contributed by atoms with Gasteiger partial charge in [-0.15, -0.1) is 0 Å². The second-order valence-corrected chi connectivity index (χ2v) is 6.26. The number of likely N-dealkylation sites (tertiary alicyclic amines) is 1. The van der Waals surface area contributed by atoms with E-state index < -0.39 is 0 Å². The van der Waals surface area contributed by atoms with Crippen molar-refractivity contribution in [3.8, 4) is 0 Å². The first kappa shape index (κ1) is 18.5. The summed E-state index contributed by atoms with van der Waals surface area (Å²) in [6.07, 6.45) is 3.82. The van der Waals surface area contributed by atoms with E-state index in [-0.39, 0.29) is 24.4 Å². The topological polar surface area (TPSA) is 64.8 Å². The van der Waals surface area contributed by atoms with E-state index in [0.717, 1.165) is 18.4 Å². The van der Waals surface area contributed by atoms with E-state index in [2.05, 4.69) is 4.98 Å². The zero-order chi connectivity index (χ0) is 18.4. The molecule has 1 unspecified atom stereocenters. The zero-order valence-corrected chi connectivity index (χ0v) is 14.8. The molecule has 2 heterocycles. The molecule has 1 saturated heterocycles. The van der Waals surface area contributed by atoms with Crippen LogP contribution < -0.4 is 0 Å². The molecule has 0 bridgehead atoms. The Morgan fingerprint density at radius 2 is 2.31 bits per heavy atom. The molecule has 0 spiro atoms. The van der Waals surface area contributed by atoms with Crippen molar-refractivity contribution in [1.29, 1.82) is 0 Å². The van der Waals surface area contributed by atoms with E-state index in [1.165, 1.54) is 12.1 Å². The van der Waals surface area contributed by atoms with Gasteiger partial charge in [0.15, 0.2) is 0 Å². The first-order valence-corrected chi connectivity index (χ1v) is 8.72. The molecule has 140 valence electrons. The minimum Gasteiger partial charge on any atom is -0.443 e. The quantitative estimate of drug-likeness (QED) is 0.676. The Balaban J connectivity index is 1.61. The molecular weight excluding hydrogens is 339 g/mol. The third-order valence-corrected chi connectivity index (χ3v) is 4.35. The van der Waals surface area contributed by atoms with Crippen molar-refractivity contribution in [3.63, 3.8) is 0 Å². The van der Waals surface area contributed by atoms with Crippen LogP contribution in [-0.2, 0) is 20.7 Å². The highest BCUT2D eigenvalue weighted by Crippen LogP contribution is 2.32. The summed E-state index contributed by atoms with van der Waals surface area (Å²) in [4.78, 5) is 18.5. The Morgan fingerprint density at radius 1 is 1.42 bits per heavy atom. The lowest BCUT2D eigenvalue weighted by Gasteiger charge is -2.22. The first-order chi connectivity index (χ1) is 12.7. The molecule has 1 aromatic carbocycles. The summed E-state index contributed by atoms with van der Waals surface area (Å²) in [6.45, 7) is 1.53. The number of halogens is 1. The average molecular weight is 362 g/mol. The van der Waals surface area contributed by atoms with Gasteiger partial charge < -0.3 is 18.8 Å². The Hall–Kier alpha value is -2.25. The van der Waals surface area contributed by atoms with Gasteiger partial charge in [0.05, 0.1) is 19.4 Å². The molecule has 1 fully saturated rings. The van der Waals surface area contributed by atoms with Gasteiger partial charge in [-0.1, -0.05) is 12.1 Å². The molecule has 0 saturated carbocycles.